The number of H-pyrrole nitrogens is 1. The lowest BCUT2D eigenvalue weighted by molar-refractivity contribution is 0.0952. The van der Waals surface area contributed by atoms with Crippen LogP contribution in [0, 0.1) is 13.8 Å². The molecule has 0 unspecified atom stereocenters. The van der Waals surface area contributed by atoms with Gasteiger partial charge in [0.1, 0.15) is 6.33 Å². The molecule has 2 heterocycles. The summed E-state index contributed by atoms with van der Waals surface area (Å²) in [6.07, 6.45) is 1.41. The van der Waals surface area contributed by atoms with Crippen LogP contribution in [0.25, 0.3) is 11.4 Å². The zero-order valence-electron chi connectivity index (χ0n) is 13.4. The van der Waals surface area contributed by atoms with E-state index in [9.17, 15) is 4.79 Å². The predicted molar refractivity (Wildman–Crippen MR) is 90.9 cm³/mol. The summed E-state index contributed by atoms with van der Waals surface area (Å²) in [6, 6.07) is 7.26. The number of carbonyl (C=O) groups excluding carboxylic acids is 1. The van der Waals surface area contributed by atoms with E-state index >= 15 is 0 Å². The standard InChI is InChI=1S/C16H17ClN6O/c1-10-14(17)11(2)23(22-10)8-7-18-16(24)13-6-4-3-5-12(13)15-19-9-20-21-15/h3-6,9H,7-8H2,1-2H3,(H,18,24)(H,19,20,21). The first kappa shape index (κ1) is 16.2. The maximum absolute atomic E-state index is 12.5. The number of rotatable bonds is 5. The van der Waals surface area contributed by atoms with Gasteiger partial charge in [0.2, 0.25) is 0 Å². The smallest absolute Gasteiger partial charge is 0.252 e. The van der Waals surface area contributed by atoms with Gasteiger partial charge in [0.05, 0.1) is 28.5 Å². The minimum absolute atomic E-state index is 0.172. The molecular weight excluding hydrogens is 328 g/mol. The summed E-state index contributed by atoms with van der Waals surface area (Å²) in [7, 11) is 0. The molecule has 1 amide bonds. The molecule has 1 aromatic carbocycles. The Kier molecular flexibility index (Phi) is 4.61. The van der Waals surface area contributed by atoms with Gasteiger partial charge in [-0.15, -0.1) is 0 Å². The maximum Gasteiger partial charge on any atom is 0.252 e. The van der Waals surface area contributed by atoms with Gasteiger partial charge in [0.15, 0.2) is 5.82 Å². The fourth-order valence-corrected chi connectivity index (χ4v) is 2.62. The van der Waals surface area contributed by atoms with Crippen LogP contribution in [0.3, 0.4) is 0 Å². The van der Waals surface area contributed by atoms with Gasteiger partial charge >= 0.3 is 0 Å². The molecule has 2 aromatic heterocycles. The van der Waals surface area contributed by atoms with Crippen molar-refractivity contribution >= 4 is 17.5 Å². The lowest BCUT2D eigenvalue weighted by atomic mass is 10.1. The van der Waals surface area contributed by atoms with E-state index in [1.807, 2.05) is 32.0 Å². The summed E-state index contributed by atoms with van der Waals surface area (Å²) in [4.78, 5) is 16.6. The molecule has 0 radical (unpaired) electrons. The third-order valence-corrected chi connectivity index (χ3v) is 4.29. The van der Waals surface area contributed by atoms with Gasteiger partial charge < -0.3 is 5.32 Å². The monoisotopic (exact) mass is 344 g/mol. The van der Waals surface area contributed by atoms with Gasteiger partial charge in [-0.25, -0.2) is 4.98 Å². The Balaban J connectivity index is 1.69. The lowest BCUT2D eigenvalue weighted by Crippen LogP contribution is -2.28. The molecule has 3 aromatic rings. The molecule has 0 fully saturated rings. The molecule has 0 atom stereocenters. The average molecular weight is 345 g/mol. The Morgan fingerprint density at radius 3 is 2.79 bits per heavy atom. The highest BCUT2D eigenvalue weighted by atomic mass is 35.5. The van der Waals surface area contributed by atoms with Gasteiger partial charge in [0, 0.05) is 12.1 Å². The van der Waals surface area contributed by atoms with E-state index in [2.05, 4.69) is 25.6 Å². The quantitative estimate of drug-likeness (QED) is 0.743. The van der Waals surface area contributed by atoms with Gasteiger partial charge in [-0.05, 0) is 19.9 Å². The molecular formula is C16H17ClN6O. The zero-order chi connectivity index (χ0) is 17.1. The number of nitrogens with one attached hydrogen (secondary N) is 2. The second-order valence-electron chi connectivity index (χ2n) is 5.34. The third-order valence-electron chi connectivity index (χ3n) is 3.74. The van der Waals surface area contributed by atoms with Crippen molar-refractivity contribution in [3.8, 4) is 11.4 Å². The number of hydrogen-bond acceptors (Lipinski definition) is 4. The lowest BCUT2D eigenvalue weighted by Gasteiger charge is -2.09. The first-order chi connectivity index (χ1) is 11.6. The van der Waals surface area contributed by atoms with Gasteiger partial charge in [-0.2, -0.15) is 10.2 Å². The van der Waals surface area contributed by atoms with Crippen LogP contribution >= 0.6 is 11.6 Å². The molecule has 0 bridgehead atoms. The van der Waals surface area contributed by atoms with Crippen molar-refractivity contribution in [2.75, 3.05) is 6.54 Å². The Morgan fingerprint density at radius 2 is 2.12 bits per heavy atom. The van der Waals surface area contributed by atoms with Gasteiger partial charge in [-0.3, -0.25) is 14.6 Å². The summed E-state index contributed by atoms with van der Waals surface area (Å²) < 4.78 is 1.79. The Labute approximate surface area is 144 Å². The second-order valence-corrected chi connectivity index (χ2v) is 5.72. The molecule has 2 N–H and O–H groups in total. The molecule has 0 aliphatic carbocycles. The molecule has 0 saturated carbocycles. The summed E-state index contributed by atoms with van der Waals surface area (Å²) >= 11 is 6.13. The van der Waals surface area contributed by atoms with Crippen LogP contribution in [-0.4, -0.2) is 37.4 Å². The Bertz CT molecular complexity index is 856. The fraction of sp³-hybridized carbons (Fsp3) is 0.250. The number of amides is 1. The Hall–Kier alpha value is -2.67. The topological polar surface area (TPSA) is 88.5 Å². The summed E-state index contributed by atoms with van der Waals surface area (Å²) in [5, 5.41) is 14.5. The van der Waals surface area contributed by atoms with E-state index in [4.69, 9.17) is 11.6 Å². The normalized spacial score (nSPS) is 10.8. The van der Waals surface area contributed by atoms with Crippen LogP contribution in [0.15, 0.2) is 30.6 Å². The number of nitrogens with zero attached hydrogens (tertiary/aromatic N) is 4. The van der Waals surface area contributed by atoms with Crippen molar-refractivity contribution in [3.63, 3.8) is 0 Å². The highest BCUT2D eigenvalue weighted by molar-refractivity contribution is 6.31. The predicted octanol–water partition coefficient (Wildman–Crippen LogP) is 2.37. The largest absolute Gasteiger partial charge is 0.350 e. The minimum atomic E-state index is -0.172. The highest BCUT2D eigenvalue weighted by Crippen LogP contribution is 2.20. The van der Waals surface area contributed by atoms with Crippen LogP contribution in [0.5, 0.6) is 0 Å². The van der Waals surface area contributed by atoms with Crippen LogP contribution < -0.4 is 5.32 Å². The van der Waals surface area contributed by atoms with Crippen molar-refractivity contribution in [1.82, 2.24) is 30.3 Å². The third kappa shape index (κ3) is 3.16. The number of halogens is 1. The maximum atomic E-state index is 12.5. The molecule has 124 valence electrons. The van der Waals surface area contributed by atoms with E-state index in [0.717, 1.165) is 11.4 Å². The van der Waals surface area contributed by atoms with E-state index in [1.54, 1.807) is 10.7 Å². The van der Waals surface area contributed by atoms with Crippen LogP contribution in [-0.2, 0) is 6.54 Å². The molecule has 0 aliphatic heterocycles. The minimum Gasteiger partial charge on any atom is -0.350 e. The Morgan fingerprint density at radius 1 is 1.33 bits per heavy atom. The second kappa shape index (κ2) is 6.84. The average Bonchev–Trinajstić information content (AvgIpc) is 3.20. The molecule has 8 heteroatoms. The number of aryl methyl sites for hydroxylation is 1. The van der Waals surface area contributed by atoms with Crippen LogP contribution in [0.1, 0.15) is 21.7 Å². The zero-order valence-corrected chi connectivity index (χ0v) is 14.1. The molecule has 0 aliphatic rings. The van der Waals surface area contributed by atoms with Crippen LogP contribution in [0.4, 0.5) is 0 Å². The first-order valence-corrected chi connectivity index (χ1v) is 7.88. The number of aromatic nitrogens is 5. The molecule has 0 saturated heterocycles. The van der Waals surface area contributed by atoms with Gasteiger partial charge in [-0.1, -0.05) is 29.8 Å². The van der Waals surface area contributed by atoms with Gasteiger partial charge in [0.25, 0.3) is 5.91 Å². The number of carbonyl (C=O) groups is 1. The summed E-state index contributed by atoms with van der Waals surface area (Å²) in [5.74, 6) is 0.390. The molecule has 0 spiro atoms. The molecule has 7 nitrogen and oxygen atoms in total. The highest BCUT2D eigenvalue weighted by Gasteiger charge is 2.14. The van der Waals surface area contributed by atoms with Crippen molar-refractivity contribution in [1.29, 1.82) is 0 Å². The van der Waals surface area contributed by atoms with Crippen molar-refractivity contribution in [2.45, 2.75) is 20.4 Å². The van der Waals surface area contributed by atoms with E-state index < -0.39 is 0 Å². The summed E-state index contributed by atoms with van der Waals surface area (Å²) in [5.41, 5.74) is 2.93. The molecule has 3 rings (SSSR count). The number of benzene rings is 1. The summed E-state index contributed by atoms with van der Waals surface area (Å²) in [6.45, 7) is 4.76. The molecule has 24 heavy (non-hydrogen) atoms. The fourth-order valence-electron chi connectivity index (χ4n) is 2.49. The van der Waals surface area contributed by atoms with Crippen molar-refractivity contribution in [2.24, 2.45) is 0 Å². The number of aromatic amines is 1. The first-order valence-electron chi connectivity index (χ1n) is 7.50. The van der Waals surface area contributed by atoms with E-state index in [-0.39, 0.29) is 5.91 Å². The van der Waals surface area contributed by atoms with E-state index in [0.29, 0.717) is 35.1 Å². The van der Waals surface area contributed by atoms with Crippen LogP contribution in [0.2, 0.25) is 5.02 Å². The van der Waals surface area contributed by atoms with Crippen molar-refractivity contribution < 1.29 is 4.79 Å². The SMILES string of the molecule is Cc1nn(CCNC(=O)c2ccccc2-c2ncn[nH]2)c(C)c1Cl. The van der Waals surface area contributed by atoms with E-state index in [1.165, 1.54) is 6.33 Å². The van der Waals surface area contributed by atoms with Crippen molar-refractivity contribution in [3.05, 3.63) is 52.6 Å². The number of hydrogen-bond donors (Lipinski definition) is 2.